The number of carbonyl (C=O) groups is 1. The molecule has 35 heavy (non-hydrogen) atoms. The Morgan fingerprint density at radius 2 is 1.14 bits per heavy atom. The summed E-state index contributed by atoms with van der Waals surface area (Å²) < 4.78 is 11.0. The molecule has 0 aliphatic rings. The number of aliphatic hydroxyl groups excluding tert-OH is 1. The average molecular weight is 497 g/mol. The fourth-order valence-electron chi connectivity index (χ4n) is 4.25. The zero-order valence-corrected chi connectivity index (χ0v) is 23.6. The van der Waals surface area contributed by atoms with E-state index >= 15 is 0 Å². The highest BCUT2D eigenvalue weighted by atomic mass is 16.6. The molecule has 0 amide bonds. The van der Waals surface area contributed by atoms with E-state index in [9.17, 15) is 9.90 Å². The SMILES string of the molecule is CCCC/C=C\CCCCCCCC(=O)OC(CO)COCCCCCCCCCCCCCC. The van der Waals surface area contributed by atoms with E-state index in [0.717, 1.165) is 19.3 Å². The van der Waals surface area contributed by atoms with Crippen LogP contribution in [0.3, 0.4) is 0 Å². The molecule has 4 heteroatoms. The number of hydrogen-bond donors (Lipinski definition) is 1. The van der Waals surface area contributed by atoms with Crippen molar-refractivity contribution in [3.05, 3.63) is 12.2 Å². The zero-order chi connectivity index (χ0) is 25.7. The molecule has 1 unspecified atom stereocenters. The van der Waals surface area contributed by atoms with Gasteiger partial charge in [-0.05, 0) is 32.1 Å². The van der Waals surface area contributed by atoms with Crippen molar-refractivity contribution in [3.63, 3.8) is 0 Å². The van der Waals surface area contributed by atoms with E-state index in [2.05, 4.69) is 26.0 Å². The van der Waals surface area contributed by atoms with Crippen LogP contribution < -0.4 is 0 Å². The van der Waals surface area contributed by atoms with Gasteiger partial charge in [-0.1, -0.05) is 129 Å². The van der Waals surface area contributed by atoms with Gasteiger partial charge in [0.1, 0.15) is 6.10 Å². The quantitative estimate of drug-likeness (QED) is 0.0666. The number of esters is 1. The van der Waals surface area contributed by atoms with Crippen LogP contribution in [0.1, 0.15) is 155 Å². The molecule has 0 aromatic heterocycles. The molecule has 0 bridgehead atoms. The molecule has 0 saturated carbocycles. The van der Waals surface area contributed by atoms with Gasteiger partial charge in [0.25, 0.3) is 0 Å². The molecule has 0 saturated heterocycles. The van der Waals surface area contributed by atoms with Crippen molar-refractivity contribution in [1.82, 2.24) is 0 Å². The monoisotopic (exact) mass is 496 g/mol. The molecule has 0 aliphatic carbocycles. The molecule has 0 rings (SSSR count). The molecule has 0 aromatic carbocycles. The number of hydrogen-bond acceptors (Lipinski definition) is 4. The summed E-state index contributed by atoms with van der Waals surface area (Å²) in [5.74, 6) is -0.211. The number of ether oxygens (including phenoxy) is 2. The van der Waals surface area contributed by atoms with Crippen LogP contribution in [0.5, 0.6) is 0 Å². The zero-order valence-electron chi connectivity index (χ0n) is 23.6. The molecule has 0 heterocycles. The number of aliphatic hydroxyl groups is 1. The normalized spacial score (nSPS) is 12.4. The summed E-state index contributed by atoms with van der Waals surface area (Å²) in [7, 11) is 0. The lowest BCUT2D eigenvalue weighted by Gasteiger charge is -2.15. The molecule has 0 radical (unpaired) electrons. The predicted octanol–water partition coefficient (Wildman–Crippen LogP) is 9.09. The fraction of sp³-hybridized carbons (Fsp3) is 0.903. The Morgan fingerprint density at radius 3 is 1.71 bits per heavy atom. The highest BCUT2D eigenvalue weighted by Crippen LogP contribution is 2.12. The lowest BCUT2D eigenvalue weighted by molar-refractivity contribution is -0.154. The van der Waals surface area contributed by atoms with Crippen LogP contribution in [0.25, 0.3) is 0 Å². The third-order valence-electron chi connectivity index (χ3n) is 6.59. The second-order valence-corrected chi connectivity index (χ2v) is 10.2. The minimum atomic E-state index is -0.528. The number of rotatable bonds is 28. The van der Waals surface area contributed by atoms with E-state index in [1.54, 1.807) is 0 Å². The van der Waals surface area contributed by atoms with Crippen molar-refractivity contribution in [1.29, 1.82) is 0 Å². The maximum absolute atomic E-state index is 12.0. The first-order valence-corrected chi connectivity index (χ1v) is 15.3. The largest absolute Gasteiger partial charge is 0.457 e. The van der Waals surface area contributed by atoms with Crippen molar-refractivity contribution in [3.8, 4) is 0 Å². The fourth-order valence-corrected chi connectivity index (χ4v) is 4.25. The van der Waals surface area contributed by atoms with Gasteiger partial charge in [0.2, 0.25) is 0 Å². The molecule has 1 N–H and O–H groups in total. The van der Waals surface area contributed by atoms with Crippen LogP contribution in [0.15, 0.2) is 12.2 Å². The summed E-state index contributed by atoms with van der Waals surface area (Å²) >= 11 is 0. The van der Waals surface area contributed by atoms with E-state index in [1.807, 2.05) is 0 Å². The lowest BCUT2D eigenvalue weighted by atomic mass is 10.1. The molecule has 208 valence electrons. The van der Waals surface area contributed by atoms with E-state index < -0.39 is 6.10 Å². The highest BCUT2D eigenvalue weighted by molar-refractivity contribution is 5.69. The Morgan fingerprint density at radius 1 is 0.657 bits per heavy atom. The summed E-state index contributed by atoms with van der Waals surface area (Å²) in [5, 5.41) is 9.48. The van der Waals surface area contributed by atoms with Crippen LogP contribution in [0.2, 0.25) is 0 Å². The van der Waals surface area contributed by atoms with E-state index in [1.165, 1.54) is 116 Å². The number of unbranched alkanes of at least 4 members (excludes halogenated alkanes) is 18. The molecule has 1 atom stereocenters. The minimum absolute atomic E-state index is 0.171. The molecular weight excluding hydrogens is 436 g/mol. The second-order valence-electron chi connectivity index (χ2n) is 10.2. The second kappa shape index (κ2) is 29.4. The minimum Gasteiger partial charge on any atom is -0.457 e. The summed E-state index contributed by atoms with van der Waals surface area (Å²) in [6.45, 7) is 5.30. The summed E-state index contributed by atoms with van der Waals surface area (Å²) in [4.78, 5) is 12.0. The van der Waals surface area contributed by atoms with Crippen molar-refractivity contribution < 1.29 is 19.4 Å². The Bertz CT molecular complexity index is 449. The van der Waals surface area contributed by atoms with Gasteiger partial charge in [0.05, 0.1) is 13.2 Å². The van der Waals surface area contributed by atoms with Crippen LogP contribution in [0.4, 0.5) is 0 Å². The molecular formula is C31H60O4. The lowest BCUT2D eigenvalue weighted by Crippen LogP contribution is -2.27. The Labute approximate surface area is 218 Å². The maximum atomic E-state index is 12.0. The van der Waals surface area contributed by atoms with Crippen LogP contribution in [-0.4, -0.2) is 37.0 Å². The van der Waals surface area contributed by atoms with Gasteiger partial charge >= 0.3 is 5.97 Å². The van der Waals surface area contributed by atoms with Gasteiger partial charge in [-0.2, -0.15) is 0 Å². The Balaban J connectivity index is 3.45. The topological polar surface area (TPSA) is 55.8 Å². The smallest absolute Gasteiger partial charge is 0.306 e. The maximum Gasteiger partial charge on any atom is 0.306 e. The first kappa shape index (κ1) is 34.1. The van der Waals surface area contributed by atoms with Crippen molar-refractivity contribution in [2.75, 3.05) is 19.8 Å². The third-order valence-corrected chi connectivity index (χ3v) is 6.59. The van der Waals surface area contributed by atoms with Gasteiger partial charge in [-0.15, -0.1) is 0 Å². The van der Waals surface area contributed by atoms with Crippen LogP contribution in [-0.2, 0) is 14.3 Å². The number of allylic oxidation sites excluding steroid dienone is 2. The Kier molecular flexibility index (Phi) is 28.6. The van der Waals surface area contributed by atoms with Gasteiger partial charge in [0.15, 0.2) is 0 Å². The van der Waals surface area contributed by atoms with E-state index in [-0.39, 0.29) is 12.6 Å². The van der Waals surface area contributed by atoms with Gasteiger partial charge in [-0.3, -0.25) is 4.79 Å². The van der Waals surface area contributed by atoms with Crippen LogP contribution in [0, 0.1) is 0 Å². The van der Waals surface area contributed by atoms with Gasteiger partial charge in [0, 0.05) is 13.0 Å². The number of carbonyl (C=O) groups excluding carboxylic acids is 1. The highest BCUT2D eigenvalue weighted by Gasteiger charge is 2.13. The van der Waals surface area contributed by atoms with Crippen LogP contribution >= 0.6 is 0 Å². The van der Waals surface area contributed by atoms with Crippen molar-refractivity contribution in [2.45, 2.75) is 161 Å². The average Bonchev–Trinajstić information content (AvgIpc) is 2.86. The third kappa shape index (κ3) is 27.6. The standard InChI is InChI=1S/C31H60O4/c1-3-5-7-9-11-13-15-17-19-21-23-25-27-34-29-30(28-32)35-31(33)26-24-22-20-18-16-14-12-10-8-6-4-2/h10,12,30,32H,3-9,11,13-29H2,1-2H3/b12-10-. The van der Waals surface area contributed by atoms with Crippen molar-refractivity contribution >= 4 is 5.97 Å². The predicted molar refractivity (Wildman–Crippen MR) is 150 cm³/mol. The molecule has 0 spiro atoms. The summed E-state index contributed by atoms with van der Waals surface area (Å²) in [5.41, 5.74) is 0. The Hall–Kier alpha value is -0.870. The first-order valence-electron chi connectivity index (χ1n) is 15.3. The van der Waals surface area contributed by atoms with E-state index in [0.29, 0.717) is 19.6 Å². The summed E-state index contributed by atoms with van der Waals surface area (Å²) in [6, 6.07) is 0. The first-order chi connectivity index (χ1) is 17.2. The van der Waals surface area contributed by atoms with Gasteiger partial charge in [-0.25, -0.2) is 0 Å². The molecule has 4 nitrogen and oxygen atoms in total. The molecule has 0 aliphatic heterocycles. The van der Waals surface area contributed by atoms with Gasteiger partial charge < -0.3 is 14.6 Å². The van der Waals surface area contributed by atoms with Crippen molar-refractivity contribution in [2.24, 2.45) is 0 Å². The molecule has 0 aromatic rings. The molecule has 0 fully saturated rings. The summed E-state index contributed by atoms with van der Waals surface area (Å²) in [6.07, 6.45) is 30.9. The van der Waals surface area contributed by atoms with E-state index in [4.69, 9.17) is 9.47 Å².